The van der Waals surface area contributed by atoms with Crippen LogP contribution in [-0.4, -0.2) is 47.3 Å². The number of ether oxygens (including phenoxy) is 1. The monoisotopic (exact) mass is 280 g/mol. The standard InChI is InChI=1S/C13H24N6O/c1-3-20-10(2)9-15-12-16-11(14)17-13(18-12)19-7-5-4-6-8-19/h10H,3-9H2,1-2H3,(H3,14,15,16,17,18). The third-order valence-electron chi connectivity index (χ3n) is 3.28. The second-order valence-corrected chi connectivity index (χ2v) is 5.01. The van der Waals surface area contributed by atoms with Crippen LogP contribution < -0.4 is 16.0 Å². The first kappa shape index (κ1) is 14.8. The van der Waals surface area contributed by atoms with Gasteiger partial charge in [-0.3, -0.25) is 0 Å². The number of nitrogens with two attached hydrogens (primary N) is 1. The molecular formula is C13H24N6O. The molecule has 0 spiro atoms. The van der Waals surface area contributed by atoms with E-state index in [1.54, 1.807) is 0 Å². The number of hydrogen-bond donors (Lipinski definition) is 2. The highest BCUT2D eigenvalue weighted by molar-refractivity contribution is 5.42. The maximum Gasteiger partial charge on any atom is 0.231 e. The van der Waals surface area contributed by atoms with Gasteiger partial charge in [-0.05, 0) is 33.1 Å². The number of hydrogen-bond acceptors (Lipinski definition) is 7. The molecule has 0 saturated carbocycles. The average molecular weight is 280 g/mol. The zero-order valence-corrected chi connectivity index (χ0v) is 12.3. The van der Waals surface area contributed by atoms with Crippen LogP contribution in [0.15, 0.2) is 0 Å². The molecule has 0 bridgehead atoms. The first-order valence-corrected chi connectivity index (χ1v) is 7.31. The fourth-order valence-corrected chi connectivity index (χ4v) is 2.27. The maximum atomic E-state index is 5.77. The van der Waals surface area contributed by atoms with E-state index in [9.17, 15) is 0 Å². The first-order valence-electron chi connectivity index (χ1n) is 7.31. The lowest BCUT2D eigenvalue weighted by molar-refractivity contribution is 0.0854. The Labute approximate surface area is 119 Å². The van der Waals surface area contributed by atoms with Gasteiger partial charge in [0, 0.05) is 26.2 Å². The van der Waals surface area contributed by atoms with Crippen LogP contribution in [0.4, 0.5) is 17.8 Å². The summed E-state index contributed by atoms with van der Waals surface area (Å²) in [6.07, 6.45) is 3.73. The van der Waals surface area contributed by atoms with Gasteiger partial charge in [0.05, 0.1) is 6.10 Å². The molecule has 7 heteroatoms. The van der Waals surface area contributed by atoms with Crippen molar-refractivity contribution in [2.75, 3.05) is 42.2 Å². The van der Waals surface area contributed by atoms with Gasteiger partial charge in [0.1, 0.15) is 0 Å². The molecule has 0 radical (unpaired) electrons. The molecule has 1 saturated heterocycles. The summed E-state index contributed by atoms with van der Waals surface area (Å²) in [6, 6.07) is 0. The van der Waals surface area contributed by atoms with Gasteiger partial charge in [-0.1, -0.05) is 0 Å². The minimum atomic E-state index is 0.108. The van der Waals surface area contributed by atoms with Crippen LogP contribution in [0.3, 0.4) is 0 Å². The molecule has 1 unspecified atom stereocenters. The number of anilines is 3. The zero-order valence-electron chi connectivity index (χ0n) is 12.3. The maximum absolute atomic E-state index is 5.77. The minimum absolute atomic E-state index is 0.108. The molecule has 1 aliphatic rings. The van der Waals surface area contributed by atoms with E-state index < -0.39 is 0 Å². The van der Waals surface area contributed by atoms with Crippen molar-refractivity contribution in [2.24, 2.45) is 0 Å². The van der Waals surface area contributed by atoms with Crippen molar-refractivity contribution < 1.29 is 4.74 Å². The summed E-state index contributed by atoms with van der Waals surface area (Å²) in [5, 5.41) is 3.16. The van der Waals surface area contributed by atoms with Gasteiger partial charge in [-0.2, -0.15) is 15.0 Å². The zero-order chi connectivity index (χ0) is 14.4. The largest absolute Gasteiger partial charge is 0.377 e. The van der Waals surface area contributed by atoms with E-state index in [2.05, 4.69) is 25.2 Å². The summed E-state index contributed by atoms with van der Waals surface area (Å²) >= 11 is 0. The highest BCUT2D eigenvalue weighted by Crippen LogP contribution is 2.17. The highest BCUT2D eigenvalue weighted by atomic mass is 16.5. The minimum Gasteiger partial charge on any atom is -0.377 e. The molecule has 20 heavy (non-hydrogen) atoms. The number of nitrogens with zero attached hydrogens (tertiary/aromatic N) is 4. The quantitative estimate of drug-likeness (QED) is 0.811. The fourth-order valence-electron chi connectivity index (χ4n) is 2.27. The van der Waals surface area contributed by atoms with Crippen LogP contribution >= 0.6 is 0 Å². The number of nitrogens with one attached hydrogen (secondary N) is 1. The summed E-state index contributed by atoms with van der Waals surface area (Å²) in [6.45, 7) is 7.30. The first-order chi connectivity index (χ1) is 9.69. The smallest absolute Gasteiger partial charge is 0.231 e. The summed E-state index contributed by atoms with van der Waals surface area (Å²) in [5.41, 5.74) is 5.77. The number of piperidine rings is 1. The molecule has 2 heterocycles. The Kier molecular flexibility index (Phi) is 5.34. The lowest BCUT2D eigenvalue weighted by Gasteiger charge is -2.26. The third-order valence-corrected chi connectivity index (χ3v) is 3.28. The predicted molar refractivity (Wildman–Crippen MR) is 79.9 cm³/mol. The van der Waals surface area contributed by atoms with Gasteiger partial charge in [0.15, 0.2) is 0 Å². The Hall–Kier alpha value is -1.63. The summed E-state index contributed by atoms with van der Waals surface area (Å²) in [4.78, 5) is 15.0. The topological polar surface area (TPSA) is 89.2 Å². The number of rotatable bonds is 6. The van der Waals surface area contributed by atoms with E-state index in [0.717, 1.165) is 13.1 Å². The Morgan fingerprint density at radius 2 is 2.00 bits per heavy atom. The Morgan fingerprint density at radius 3 is 2.70 bits per heavy atom. The van der Waals surface area contributed by atoms with Gasteiger partial charge in [-0.15, -0.1) is 0 Å². The van der Waals surface area contributed by atoms with E-state index in [4.69, 9.17) is 10.5 Å². The normalized spacial score (nSPS) is 17.0. The van der Waals surface area contributed by atoms with Crippen molar-refractivity contribution in [1.82, 2.24) is 15.0 Å². The molecule has 1 aromatic rings. The predicted octanol–water partition coefficient (Wildman–Crippen LogP) is 1.28. The molecule has 1 aromatic heterocycles. The molecule has 1 fully saturated rings. The lowest BCUT2D eigenvalue weighted by Crippen LogP contribution is -2.31. The van der Waals surface area contributed by atoms with Crippen molar-refractivity contribution in [3.05, 3.63) is 0 Å². The van der Waals surface area contributed by atoms with Crippen LogP contribution in [0.2, 0.25) is 0 Å². The van der Waals surface area contributed by atoms with Gasteiger partial charge in [0.25, 0.3) is 0 Å². The van der Waals surface area contributed by atoms with Gasteiger partial charge < -0.3 is 20.7 Å². The van der Waals surface area contributed by atoms with E-state index in [1.807, 2.05) is 13.8 Å². The third kappa shape index (κ3) is 4.19. The number of nitrogen functional groups attached to an aromatic ring is 1. The van der Waals surface area contributed by atoms with Crippen molar-refractivity contribution in [3.63, 3.8) is 0 Å². The van der Waals surface area contributed by atoms with E-state index in [0.29, 0.717) is 25.0 Å². The SMILES string of the molecule is CCOC(C)CNc1nc(N)nc(N2CCCCC2)n1. The second kappa shape index (κ2) is 7.23. The molecule has 1 atom stereocenters. The lowest BCUT2D eigenvalue weighted by atomic mass is 10.1. The molecular weight excluding hydrogens is 256 g/mol. The number of aromatic nitrogens is 3. The van der Waals surface area contributed by atoms with Gasteiger partial charge in [-0.25, -0.2) is 0 Å². The van der Waals surface area contributed by atoms with Crippen molar-refractivity contribution in [2.45, 2.75) is 39.2 Å². The van der Waals surface area contributed by atoms with E-state index in [1.165, 1.54) is 19.3 Å². The Morgan fingerprint density at radius 1 is 1.25 bits per heavy atom. The molecule has 112 valence electrons. The molecule has 2 rings (SSSR count). The summed E-state index contributed by atoms with van der Waals surface area (Å²) in [5.74, 6) is 1.44. The van der Waals surface area contributed by atoms with E-state index >= 15 is 0 Å². The van der Waals surface area contributed by atoms with Crippen molar-refractivity contribution >= 4 is 17.8 Å². The van der Waals surface area contributed by atoms with Crippen LogP contribution in [0, 0.1) is 0 Å². The molecule has 1 aliphatic heterocycles. The van der Waals surface area contributed by atoms with E-state index in [-0.39, 0.29) is 12.1 Å². The summed E-state index contributed by atoms with van der Waals surface area (Å²) in [7, 11) is 0. The van der Waals surface area contributed by atoms with Crippen LogP contribution in [0.5, 0.6) is 0 Å². The van der Waals surface area contributed by atoms with Gasteiger partial charge >= 0.3 is 0 Å². The molecule has 7 nitrogen and oxygen atoms in total. The molecule has 0 aliphatic carbocycles. The second-order valence-electron chi connectivity index (χ2n) is 5.01. The highest BCUT2D eigenvalue weighted by Gasteiger charge is 2.15. The summed E-state index contributed by atoms with van der Waals surface area (Å²) < 4.78 is 5.47. The van der Waals surface area contributed by atoms with Crippen molar-refractivity contribution in [1.29, 1.82) is 0 Å². The van der Waals surface area contributed by atoms with Crippen LogP contribution in [0.25, 0.3) is 0 Å². The Balaban J connectivity index is 2.00. The molecule has 0 aromatic carbocycles. The Bertz CT molecular complexity index is 421. The van der Waals surface area contributed by atoms with Gasteiger partial charge in [0.2, 0.25) is 17.8 Å². The fraction of sp³-hybridized carbons (Fsp3) is 0.769. The average Bonchev–Trinajstić information content (AvgIpc) is 2.46. The molecule has 3 N–H and O–H groups in total. The van der Waals surface area contributed by atoms with Crippen LogP contribution in [-0.2, 0) is 4.74 Å². The molecule has 0 amide bonds. The van der Waals surface area contributed by atoms with Crippen molar-refractivity contribution in [3.8, 4) is 0 Å². The van der Waals surface area contributed by atoms with Crippen LogP contribution in [0.1, 0.15) is 33.1 Å².